The van der Waals surface area contributed by atoms with E-state index < -0.39 is 35.4 Å². The fraction of sp³-hybridized carbons (Fsp3) is 0.227. The molecule has 3 amide bonds. The van der Waals surface area contributed by atoms with Crippen LogP contribution in [0.15, 0.2) is 54.7 Å². The van der Waals surface area contributed by atoms with Gasteiger partial charge in [0, 0.05) is 18.1 Å². The second-order valence-electron chi connectivity index (χ2n) is 7.69. The summed E-state index contributed by atoms with van der Waals surface area (Å²) in [5.41, 5.74) is 0.0480. The molecule has 2 aliphatic rings. The fourth-order valence-corrected chi connectivity index (χ4v) is 4.09. The lowest BCUT2D eigenvalue weighted by molar-refractivity contribution is -0.274. The predicted molar refractivity (Wildman–Crippen MR) is 105 cm³/mol. The van der Waals surface area contributed by atoms with Crippen molar-refractivity contribution in [2.24, 2.45) is 0 Å². The molecule has 1 saturated carbocycles. The van der Waals surface area contributed by atoms with E-state index in [1.54, 1.807) is 12.1 Å². The van der Waals surface area contributed by atoms with Gasteiger partial charge >= 0.3 is 12.4 Å². The molecule has 1 saturated heterocycles. The summed E-state index contributed by atoms with van der Waals surface area (Å²) >= 11 is 0. The number of amides is 3. The Hall–Kier alpha value is -3.69. The maximum absolute atomic E-state index is 14.5. The molecule has 0 unspecified atom stereocenters. The second-order valence-corrected chi connectivity index (χ2v) is 7.69. The number of pyridine rings is 1. The molecule has 0 bridgehead atoms. The van der Waals surface area contributed by atoms with Gasteiger partial charge in [0.05, 0.1) is 11.2 Å². The number of halogens is 4. The zero-order valence-corrected chi connectivity index (χ0v) is 16.4. The molecule has 1 aliphatic carbocycles. The van der Waals surface area contributed by atoms with Gasteiger partial charge in [-0.05, 0) is 60.9 Å². The molecular weight excluding hydrogens is 430 g/mol. The minimum Gasteiger partial charge on any atom is -0.406 e. The summed E-state index contributed by atoms with van der Waals surface area (Å²) in [6, 6.07) is 10.0. The molecule has 0 radical (unpaired) electrons. The number of imide groups is 1. The molecule has 1 aliphatic heterocycles. The summed E-state index contributed by atoms with van der Waals surface area (Å²) in [6.07, 6.45) is -2.43. The van der Waals surface area contributed by atoms with Crippen molar-refractivity contribution < 1.29 is 31.9 Å². The zero-order valence-electron chi connectivity index (χ0n) is 16.4. The smallest absolute Gasteiger partial charge is 0.406 e. The van der Waals surface area contributed by atoms with Crippen molar-refractivity contribution in [3.8, 4) is 5.75 Å². The van der Waals surface area contributed by atoms with Crippen LogP contribution in [-0.2, 0) is 11.3 Å². The van der Waals surface area contributed by atoms with E-state index in [0.717, 1.165) is 17.0 Å². The van der Waals surface area contributed by atoms with Crippen LogP contribution in [0.2, 0.25) is 0 Å². The Bertz CT molecular complexity index is 1230. The average molecular weight is 445 g/mol. The SMILES string of the molecule is O=C1N(c2ccc(OC(F)(F)F)cc2)C(=O)C2(CC2)N1Cc1ccnc2cccc(F)c12. The van der Waals surface area contributed by atoms with Crippen molar-refractivity contribution in [3.05, 3.63) is 66.1 Å². The van der Waals surface area contributed by atoms with Gasteiger partial charge in [-0.3, -0.25) is 9.78 Å². The van der Waals surface area contributed by atoms with Gasteiger partial charge in [-0.1, -0.05) is 6.07 Å². The van der Waals surface area contributed by atoms with Gasteiger partial charge in [0.15, 0.2) is 0 Å². The normalized spacial score (nSPS) is 17.5. The van der Waals surface area contributed by atoms with Crippen molar-refractivity contribution in [2.45, 2.75) is 31.3 Å². The molecular formula is C22H15F4N3O3. The van der Waals surface area contributed by atoms with E-state index >= 15 is 0 Å². The number of rotatable bonds is 4. The van der Waals surface area contributed by atoms with Gasteiger partial charge in [0.25, 0.3) is 5.91 Å². The number of nitrogens with zero attached hydrogens (tertiary/aromatic N) is 3. The summed E-state index contributed by atoms with van der Waals surface area (Å²) < 4.78 is 55.5. The molecule has 2 heterocycles. The highest BCUT2D eigenvalue weighted by atomic mass is 19.4. The average Bonchev–Trinajstić information content (AvgIpc) is 3.51. The van der Waals surface area contributed by atoms with E-state index in [0.29, 0.717) is 23.9 Å². The van der Waals surface area contributed by atoms with E-state index in [2.05, 4.69) is 9.72 Å². The van der Waals surface area contributed by atoms with Crippen LogP contribution in [0.4, 0.5) is 28.0 Å². The van der Waals surface area contributed by atoms with Crippen LogP contribution >= 0.6 is 0 Å². The van der Waals surface area contributed by atoms with Crippen molar-refractivity contribution in [3.63, 3.8) is 0 Å². The number of aromatic nitrogens is 1. The highest BCUT2D eigenvalue weighted by molar-refractivity contribution is 6.24. The van der Waals surface area contributed by atoms with Crippen molar-refractivity contribution in [2.75, 3.05) is 4.90 Å². The highest BCUT2D eigenvalue weighted by Gasteiger charge is 2.65. The maximum Gasteiger partial charge on any atom is 0.573 e. The van der Waals surface area contributed by atoms with Gasteiger partial charge in [0.2, 0.25) is 0 Å². The molecule has 6 nitrogen and oxygen atoms in total. The number of benzene rings is 2. The van der Waals surface area contributed by atoms with E-state index in [1.165, 1.54) is 35.4 Å². The third-order valence-corrected chi connectivity index (χ3v) is 5.72. The van der Waals surface area contributed by atoms with Crippen LogP contribution in [0.1, 0.15) is 18.4 Å². The minimum absolute atomic E-state index is 0.00368. The van der Waals surface area contributed by atoms with E-state index in [1.807, 2.05) is 0 Å². The Morgan fingerprint density at radius 3 is 2.41 bits per heavy atom. The zero-order chi connectivity index (χ0) is 22.7. The van der Waals surface area contributed by atoms with Gasteiger partial charge in [-0.25, -0.2) is 14.1 Å². The number of hydrogen-bond acceptors (Lipinski definition) is 4. The lowest BCUT2D eigenvalue weighted by Crippen LogP contribution is -2.36. The first-order chi connectivity index (χ1) is 15.2. The molecule has 0 atom stereocenters. The van der Waals surface area contributed by atoms with Crippen LogP contribution in [0, 0.1) is 5.82 Å². The Labute approximate surface area is 179 Å². The number of carbonyl (C=O) groups excluding carboxylic acids is 2. The standard InChI is InChI=1S/C22H15F4N3O3/c23-16-2-1-3-17-18(16)13(8-11-27-17)12-28-20(31)29(19(30)21(28)9-10-21)14-4-6-15(7-5-14)32-22(24,25)26/h1-8,11H,9-10,12H2. The molecule has 5 rings (SSSR count). The number of urea groups is 1. The largest absolute Gasteiger partial charge is 0.573 e. The first kappa shape index (κ1) is 20.2. The Balaban J connectivity index is 1.47. The fourth-order valence-electron chi connectivity index (χ4n) is 4.09. The third-order valence-electron chi connectivity index (χ3n) is 5.72. The predicted octanol–water partition coefficient (Wildman–Crippen LogP) is 4.77. The van der Waals surface area contributed by atoms with Crippen LogP contribution in [0.5, 0.6) is 5.75 Å². The van der Waals surface area contributed by atoms with Crippen LogP contribution < -0.4 is 9.64 Å². The Morgan fingerprint density at radius 1 is 1.03 bits per heavy atom. The monoisotopic (exact) mass is 445 g/mol. The highest BCUT2D eigenvalue weighted by Crippen LogP contribution is 2.50. The minimum atomic E-state index is -4.85. The van der Waals surface area contributed by atoms with E-state index in [4.69, 9.17) is 0 Å². The second kappa shape index (κ2) is 6.91. The molecule has 3 aromatic rings. The van der Waals surface area contributed by atoms with Crippen LogP contribution in [0.3, 0.4) is 0 Å². The summed E-state index contributed by atoms with van der Waals surface area (Å²) in [6.45, 7) is -0.00368. The Morgan fingerprint density at radius 2 is 1.75 bits per heavy atom. The number of carbonyl (C=O) groups is 2. The summed E-state index contributed by atoms with van der Waals surface area (Å²) in [5.74, 6) is -1.39. The van der Waals surface area contributed by atoms with Crippen molar-refractivity contribution in [1.82, 2.24) is 9.88 Å². The first-order valence-electron chi connectivity index (χ1n) is 9.74. The number of alkyl halides is 3. The summed E-state index contributed by atoms with van der Waals surface area (Å²) in [5, 5.41) is 0.276. The van der Waals surface area contributed by atoms with Crippen molar-refractivity contribution >= 4 is 28.5 Å². The first-order valence-corrected chi connectivity index (χ1v) is 9.74. The van der Waals surface area contributed by atoms with Crippen molar-refractivity contribution in [1.29, 1.82) is 0 Å². The van der Waals surface area contributed by atoms with E-state index in [-0.39, 0.29) is 17.6 Å². The number of hydrogen-bond donors (Lipinski definition) is 0. The molecule has 0 N–H and O–H groups in total. The van der Waals surface area contributed by atoms with Crippen LogP contribution in [0.25, 0.3) is 10.9 Å². The number of anilines is 1. The summed E-state index contributed by atoms with van der Waals surface area (Å²) in [4.78, 5) is 32.8. The van der Waals surface area contributed by atoms with Gasteiger partial charge in [0.1, 0.15) is 17.1 Å². The molecule has 2 aromatic carbocycles. The van der Waals surface area contributed by atoms with Crippen LogP contribution in [-0.4, -0.2) is 33.7 Å². The summed E-state index contributed by atoms with van der Waals surface area (Å²) in [7, 11) is 0. The lowest BCUT2D eigenvalue weighted by atomic mass is 10.1. The lowest BCUT2D eigenvalue weighted by Gasteiger charge is -2.22. The molecule has 32 heavy (non-hydrogen) atoms. The molecule has 1 spiro atoms. The number of ether oxygens (including phenoxy) is 1. The van der Waals surface area contributed by atoms with Gasteiger partial charge in [-0.15, -0.1) is 13.2 Å². The molecule has 164 valence electrons. The Kier molecular flexibility index (Phi) is 4.37. The number of fused-ring (bicyclic) bond motifs is 1. The van der Waals surface area contributed by atoms with E-state index in [9.17, 15) is 27.2 Å². The third kappa shape index (κ3) is 3.22. The molecule has 2 fully saturated rings. The van der Waals surface area contributed by atoms with Gasteiger partial charge < -0.3 is 9.64 Å². The molecule has 1 aromatic heterocycles. The quantitative estimate of drug-likeness (QED) is 0.429. The molecule has 10 heteroatoms. The topological polar surface area (TPSA) is 62.7 Å². The maximum atomic E-state index is 14.5. The van der Waals surface area contributed by atoms with Gasteiger partial charge in [-0.2, -0.15) is 0 Å².